The van der Waals surface area contributed by atoms with Crippen molar-refractivity contribution in [3.05, 3.63) is 23.9 Å². The third-order valence-electron chi connectivity index (χ3n) is 1.76. The van der Waals surface area contributed by atoms with Crippen molar-refractivity contribution < 1.29 is 0 Å². The standard InChI is InChI=1S/C9H12N2/c1-9(2,7-10)8-5-3-4-6-11-8/h3-5,11H,6H2,1-2H3. The highest BCUT2D eigenvalue weighted by atomic mass is 14.9. The van der Waals surface area contributed by atoms with Crippen LogP contribution in [-0.4, -0.2) is 6.54 Å². The Hall–Kier alpha value is -1.23. The smallest absolute Gasteiger partial charge is 0.0911 e. The number of hydrogen-bond acceptors (Lipinski definition) is 2. The van der Waals surface area contributed by atoms with Gasteiger partial charge < -0.3 is 5.32 Å². The Morgan fingerprint density at radius 3 is 2.82 bits per heavy atom. The number of dihydropyridines is 1. The van der Waals surface area contributed by atoms with Crippen molar-refractivity contribution in [1.29, 1.82) is 5.26 Å². The summed E-state index contributed by atoms with van der Waals surface area (Å²) in [7, 11) is 0. The van der Waals surface area contributed by atoms with E-state index in [1.807, 2.05) is 32.1 Å². The zero-order valence-corrected chi connectivity index (χ0v) is 6.89. The van der Waals surface area contributed by atoms with E-state index in [0.717, 1.165) is 12.2 Å². The first kappa shape index (κ1) is 7.87. The highest BCUT2D eigenvalue weighted by Gasteiger charge is 2.22. The lowest BCUT2D eigenvalue weighted by Crippen LogP contribution is -2.27. The molecule has 0 unspecified atom stereocenters. The van der Waals surface area contributed by atoms with Crippen LogP contribution in [0.25, 0.3) is 0 Å². The summed E-state index contributed by atoms with van der Waals surface area (Å²) < 4.78 is 0. The number of rotatable bonds is 1. The van der Waals surface area contributed by atoms with E-state index in [1.165, 1.54) is 0 Å². The van der Waals surface area contributed by atoms with Crippen LogP contribution in [0.4, 0.5) is 0 Å². The quantitative estimate of drug-likeness (QED) is 0.612. The van der Waals surface area contributed by atoms with Crippen LogP contribution in [0.5, 0.6) is 0 Å². The molecule has 0 aromatic carbocycles. The molecule has 0 aliphatic carbocycles. The van der Waals surface area contributed by atoms with Crippen molar-refractivity contribution in [1.82, 2.24) is 5.32 Å². The fraction of sp³-hybridized carbons (Fsp3) is 0.444. The molecule has 0 aromatic heterocycles. The molecule has 0 radical (unpaired) electrons. The van der Waals surface area contributed by atoms with Crippen LogP contribution in [0, 0.1) is 16.7 Å². The molecule has 1 aliphatic rings. The lowest BCUT2D eigenvalue weighted by Gasteiger charge is -2.22. The summed E-state index contributed by atoms with van der Waals surface area (Å²) in [6, 6.07) is 2.25. The second kappa shape index (κ2) is 2.79. The molecule has 1 aliphatic heterocycles. The molecule has 1 heterocycles. The van der Waals surface area contributed by atoms with Crippen molar-refractivity contribution in [3.8, 4) is 6.07 Å². The molecule has 0 fully saturated rings. The molecule has 0 spiro atoms. The first-order valence-corrected chi connectivity index (χ1v) is 3.69. The molecular weight excluding hydrogens is 136 g/mol. The second-order valence-corrected chi connectivity index (χ2v) is 3.13. The predicted molar refractivity (Wildman–Crippen MR) is 44.6 cm³/mol. The van der Waals surface area contributed by atoms with Gasteiger partial charge in [-0.05, 0) is 19.9 Å². The minimum absolute atomic E-state index is 0.384. The highest BCUT2D eigenvalue weighted by molar-refractivity contribution is 5.26. The maximum atomic E-state index is 8.79. The van der Waals surface area contributed by atoms with E-state index in [-0.39, 0.29) is 5.41 Å². The Kier molecular flexibility index (Phi) is 2.00. The molecule has 58 valence electrons. The van der Waals surface area contributed by atoms with Crippen molar-refractivity contribution in [2.45, 2.75) is 13.8 Å². The summed E-state index contributed by atoms with van der Waals surface area (Å²) in [5.41, 5.74) is 0.618. The van der Waals surface area contributed by atoms with Crippen LogP contribution in [0.3, 0.4) is 0 Å². The number of nitrogens with zero attached hydrogens (tertiary/aromatic N) is 1. The molecule has 0 bridgehead atoms. The van der Waals surface area contributed by atoms with Crippen LogP contribution in [-0.2, 0) is 0 Å². The third-order valence-corrected chi connectivity index (χ3v) is 1.76. The van der Waals surface area contributed by atoms with E-state index < -0.39 is 0 Å². The first-order chi connectivity index (χ1) is 5.17. The van der Waals surface area contributed by atoms with Gasteiger partial charge in [0.05, 0.1) is 11.5 Å². The van der Waals surface area contributed by atoms with Gasteiger partial charge in [-0.15, -0.1) is 0 Å². The molecule has 0 atom stereocenters. The van der Waals surface area contributed by atoms with Crippen molar-refractivity contribution in [3.63, 3.8) is 0 Å². The van der Waals surface area contributed by atoms with Gasteiger partial charge in [-0.2, -0.15) is 5.26 Å². The van der Waals surface area contributed by atoms with E-state index in [4.69, 9.17) is 5.26 Å². The lowest BCUT2D eigenvalue weighted by atomic mass is 9.90. The monoisotopic (exact) mass is 148 g/mol. The highest BCUT2D eigenvalue weighted by Crippen LogP contribution is 2.23. The largest absolute Gasteiger partial charge is 0.384 e. The van der Waals surface area contributed by atoms with Gasteiger partial charge in [-0.1, -0.05) is 12.2 Å². The van der Waals surface area contributed by atoms with Crippen LogP contribution in [0.1, 0.15) is 13.8 Å². The first-order valence-electron chi connectivity index (χ1n) is 3.69. The molecule has 0 saturated heterocycles. The van der Waals surface area contributed by atoms with Crippen LogP contribution in [0.15, 0.2) is 23.9 Å². The van der Waals surface area contributed by atoms with Gasteiger partial charge >= 0.3 is 0 Å². The molecule has 1 N–H and O–H groups in total. The molecule has 1 rings (SSSR count). The van der Waals surface area contributed by atoms with E-state index in [1.54, 1.807) is 0 Å². The molecule has 2 heteroatoms. The average molecular weight is 148 g/mol. The lowest BCUT2D eigenvalue weighted by molar-refractivity contribution is 0.544. The molecule has 0 saturated carbocycles. The summed E-state index contributed by atoms with van der Waals surface area (Å²) in [6.07, 6.45) is 5.95. The summed E-state index contributed by atoms with van der Waals surface area (Å²) >= 11 is 0. The number of nitriles is 1. The van der Waals surface area contributed by atoms with Gasteiger partial charge in [-0.25, -0.2) is 0 Å². The van der Waals surface area contributed by atoms with E-state index in [2.05, 4.69) is 11.4 Å². The Morgan fingerprint density at radius 2 is 2.36 bits per heavy atom. The topological polar surface area (TPSA) is 35.8 Å². The third kappa shape index (κ3) is 1.62. The van der Waals surface area contributed by atoms with Gasteiger partial charge in [0.1, 0.15) is 0 Å². The molecule has 11 heavy (non-hydrogen) atoms. The van der Waals surface area contributed by atoms with Crippen LogP contribution in [0.2, 0.25) is 0 Å². The van der Waals surface area contributed by atoms with Crippen LogP contribution < -0.4 is 5.32 Å². The van der Waals surface area contributed by atoms with Gasteiger partial charge in [0, 0.05) is 12.2 Å². The van der Waals surface area contributed by atoms with E-state index in [0.29, 0.717) is 0 Å². The van der Waals surface area contributed by atoms with Gasteiger partial charge in [0.25, 0.3) is 0 Å². The summed E-state index contributed by atoms with van der Waals surface area (Å²) in [5, 5.41) is 12.0. The average Bonchev–Trinajstić information content (AvgIpc) is 2.06. The van der Waals surface area contributed by atoms with Crippen molar-refractivity contribution in [2.75, 3.05) is 6.54 Å². The van der Waals surface area contributed by atoms with Gasteiger partial charge in [-0.3, -0.25) is 0 Å². The maximum Gasteiger partial charge on any atom is 0.0911 e. The maximum absolute atomic E-state index is 8.79. The Morgan fingerprint density at radius 1 is 1.64 bits per heavy atom. The van der Waals surface area contributed by atoms with Gasteiger partial charge in [0.2, 0.25) is 0 Å². The Bertz CT molecular complexity index is 241. The second-order valence-electron chi connectivity index (χ2n) is 3.13. The van der Waals surface area contributed by atoms with Gasteiger partial charge in [0.15, 0.2) is 0 Å². The molecule has 0 amide bonds. The Balaban J connectivity index is 2.83. The summed E-state index contributed by atoms with van der Waals surface area (Å²) in [4.78, 5) is 0. The number of nitrogens with one attached hydrogen (secondary N) is 1. The molecule has 2 nitrogen and oxygen atoms in total. The minimum Gasteiger partial charge on any atom is -0.384 e. The normalized spacial score (nSPS) is 16.6. The zero-order chi connectivity index (χ0) is 8.32. The van der Waals surface area contributed by atoms with E-state index in [9.17, 15) is 0 Å². The van der Waals surface area contributed by atoms with Crippen molar-refractivity contribution in [2.24, 2.45) is 5.41 Å². The molecule has 0 aromatic rings. The zero-order valence-electron chi connectivity index (χ0n) is 6.89. The predicted octanol–water partition coefficient (Wildman–Crippen LogP) is 1.58. The fourth-order valence-electron chi connectivity index (χ4n) is 0.950. The number of allylic oxidation sites excluding steroid dienone is 3. The minimum atomic E-state index is -0.384. The molecular formula is C9H12N2. The Labute approximate surface area is 67.2 Å². The summed E-state index contributed by atoms with van der Waals surface area (Å²) in [5.74, 6) is 0. The number of hydrogen-bond donors (Lipinski definition) is 1. The van der Waals surface area contributed by atoms with Crippen molar-refractivity contribution >= 4 is 0 Å². The summed E-state index contributed by atoms with van der Waals surface area (Å²) in [6.45, 7) is 4.65. The fourth-order valence-corrected chi connectivity index (χ4v) is 0.950. The van der Waals surface area contributed by atoms with E-state index >= 15 is 0 Å². The SMILES string of the molecule is CC(C)(C#N)C1=CC=CCN1. The van der Waals surface area contributed by atoms with Crippen LogP contribution >= 0.6 is 0 Å².